The number of benzene rings is 3. The van der Waals surface area contributed by atoms with E-state index in [4.69, 9.17) is 0 Å². The van der Waals surface area contributed by atoms with Crippen LogP contribution in [0.25, 0.3) is 0 Å². The van der Waals surface area contributed by atoms with Crippen molar-refractivity contribution in [2.24, 2.45) is 0 Å². The van der Waals surface area contributed by atoms with Gasteiger partial charge in [-0.25, -0.2) is 8.42 Å². The summed E-state index contributed by atoms with van der Waals surface area (Å²) in [5.74, 6) is -0.554. The van der Waals surface area contributed by atoms with Gasteiger partial charge < -0.3 is 0 Å². The fraction of sp³-hybridized carbons (Fsp3) is 0.174. The van der Waals surface area contributed by atoms with Crippen LogP contribution in [0.5, 0.6) is 0 Å². The van der Waals surface area contributed by atoms with Gasteiger partial charge in [-0.15, -0.1) is 0 Å². The predicted molar refractivity (Wildman–Crippen MR) is 112 cm³/mol. The molecule has 0 aromatic heterocycles. The number of hydrogen-bond acceptors (Lipinski definition) is 3. The SMILES string of the molecule is Cc1ccc(S(=O)(=O)N(C(=O)c2c(C)cc(C)cc2C)c2ccccc2)cc1. The summed E-state index contributed by atoms with van der Waals surface area (Å²) in [5, 5.41) is 0. The van der Waals surface area contributed by atoms with Crippen LogP contribution in [0.4, 0.5) is 5.69 Å². The van der Waals surface area contributed by atoms with Crippen molar-refractivity contribution in [1.29, 1.82) is 0 Å². The van der Waals surface area contributed by atoms with Gasteiger partial charge in [0.15, 0.2) is 0 Å². The van der Waals surface area contributed by atoms with Crippen molar-refractivity contribution in [2.45, 2.75) is 32.6 Å². The van der Waals surface area contributed by atoms with Gasteiger partial charge in [-0.3, -0.25) is 4.79 Å². The number of carbonyl (C=O) groups is 1. The molecule has 0 unspecified atom stereocenters. The van der Waals surface area contributed by atoms with Crippen LogP contribution in [0.3, 0.4) is 0 Å². The molecule has 0 heterocycles. The highest BCUT2D eigenvalue weighted by Gasteiger charge is 2.33. The molecule has 0 saturated heterocycles. The molecule has 0 saturated carbocycles. The molecule has 0 aliphatic rings. The van der Waals surface area contributed by atoms with Crippen LogP contribution in [0.2, 0.25) is 0 Å². The second kappa shape index (κ2) is 7.60. The quantitative estimate of drug-likeness (QED) is 0.630. The van der Waals surface area contributed by atoms with Crippen molar-refractivity contribution in [1.82, 2.24) is 0 Å². The van der Waals surface area contributed by atoms with Crippen molar-refractivity contribution < 1.29 is 13.2 Å². The van der Waals surface area contributed by atoms with Crippen LogP contribution >= 0.6 is 0 Å². The Kier molecular flexibility index (Phi) is 5.38. The van der Waals surface area contributed by atoms with E-state index in [9.17, 15) is 13.2 Å². The summed E-state index contributed by atoms with van der Waals surface area (Å²) in [6.45, 7) is 7.49. The molecule has 1 amide bonds. The summed E-state index contributed by atoms with van der Waals surface area (Å²) in [5.41, 5.74) is 4.20. The molecule has 28 heavy (non-hydrogen) atoms. The smallest absolute Gasteiger partial charge is 0.268 e. The maximum atomic E-state index is 13.5. The van der Waals surface area contributed by atoms with Crippen molar-refractivity contribution in [3.05, 3.63) is 94.5 Å². The Morgan fingerprint density at radius 1 is 0.750 bits per heavy atom. The number of nitrogens with zero attached hydrogens (tertiary/aromatic N) is 1. The van der Waals surface area contributed by atoms with Gasteiger partial charge in [0, 0.05) is 5.56 Å². The van der Waals surface area contributed by atoms with E-state index in [0.717, 1.165) is 26.6 Å². The summed E-state index contributed by atoms with van der Waals surface area (Å²) in [4.78, 5) is 13.6. The first-order valence-electron chi connectivity index (χ1n) is 9.01. The third kappa shape index (κ3) is 3.71. The largest absolute Gasteiger partial charge is 0.272 e. The zero-order valence-electron chi connectivity index (χ0n) is 16.4. The number of para-hydroxylation sites is 1. The van der Waals surface area contributed by atoms with Crippen molar-refractivity contribution in [3.63, 3.8) is 0 Å². The van der Waals surface area contributed by atoms with Crippen LogP contribution in [-0.2, 0) is 10.0 Å². The number of anilines is 1. The molecule has 0 atom stereocenters. The highest BCUT2D eigenvalue weighted by molar-refractivity contribution is 7.93. The predicted octanol–water partition coefficient (Wildman–Crippen LogP) is 4.96. The lowest BCUT2D eigenvalue weighted by Crippen LogP contribution is -2.37. The normalized spacial score (nSPS) is 11.3. The molecule has 0 fully saturated rings. The number of hydrogen-bond donors (Lipinski definition) is 0. The standard InChI is InChI=1S/C23H23NO3S/c1-16-10-12-21(13-11-16)28(26,27)24(20-8-6-5-7-9-20)23(25)22-18(3)14-17(2)15-19(22)4/h5-15H,1-4H3. The van der Waals surface area contributed by atoms with E-state index < -0.39 is 15.9 Å². The number of rotatable bonds is 4. The molecule has 0 N–H and O–H groups in total. The fourth-order valence-corrected chi connectivity index (χ4v) is 4.76. The van der Waals surface area contributed by atoms with E-state index in [1.807, 2.05) is 39.8 Å². The Bertz CT molecular complexity index is 1100. The first-order chi connectivity index (χ1) is 13.2. The molecule has 0 aliphatic carbocycles. The van der Waals surface area contributed by atoms with Gasteiger partial charge in [0.25, 0.3) is 15.9 Å². The van der Waals surface area contributed by atoms with E-state index in [0.29, 0.717) is 11.3 Å². The molecular formula is C23H23NO3S. The molecule has 144 valence electrons. The molecule has 3 aromatic carbocycles. The fourth-order valence-electron chi connectivity index (χ4n) is 3.36. The first kappa shape index (κ1) is 19.8. The third-order valence-corrected chi connectivity index (χ3v) is 6.35. The Morgan fingerprint density at radius 3 is 1.82 bits per heavy atom. The van der Waals surface area contributed by atoms with Gasteiger partial charge in [0.1, 0.15) is 0 Å². The first-order valence-corrected chi connectivity index (χ1v) is 10.4. The van der Waals surface area contributed by atoms with Crippen LogP contribution in [0, 0.1) is 27.7 Å². The highest BCUT2D eigenvalue weighted by atomic mass is 32.2. The number of sulfonamides is 1. The summed E-state index contributed by atoms with van der Waals surface area (Å²) in [6, 6.07) is 18.8. The summed E-state index contributed by atoms with van der Waals surface area (Å²) in [7, 11) is -4.08. The topological polar surface area (TPSA) is 54.5 Å². The third-order valence-electron chi connectivity index (χ3n) is 4.63. The Balaban J connectivity index is 2.22. The molecule has 0 radical (unpaired) electrons. The molecule has 0 spiro atoms. The van der Waals surface area contributed by atoms with Crippen molar-refractivity contribution >= 4 is 21.6 Å². The zero-order valence-corrected chi connectivity index (χ0v) is 17.2. The molecule has 4 nitrogen and oxygen atoms in total. The lowest BCUT2D eigenvalue weighted by molar-refractivity contribution is 0.100. The van der Waals surface area contributed by atoms with Gasteiger partial charge in [0.05, 0.1) is 10.6 Å². The lowest BCUT2D eigenvalue weighted by Gasteiger charge is -2.24. The molecule has 0 aliphatic heterocycles. The monoisotopic (exact) mass is 393 g/mol. The van der Waals surface area contributed by atoms with E-state index >= 15 is 0 Å². The van der Waals surface area contributed by atoms with E-state index in [1.54, 1.807) is 42.5 Å². The minimum atomic E-state index is -4.08. The Labute approximate surface area is 166 Å². The molecule has 3 aromatic rings. The van der Waals surface area contributed by atoms with Gasteiger partial charge in [-0.1, -0.05) is 53.6 Å². The average Bonchev–Trinajstić information content (AvgIpc) is 2.62. The van der Waals surface area contributed by atoms with E-state index in [2.05, 4.69) is 0 Å². The number of carbonyl (C=O) groups excluding carboxylic acids is 1. The molecular weight excluding hydrogens is 370 g/mol. The maximum absolute atomic E-state index is 13.5. The minimum absolute atomic E-state index is 0.0812. The van der Waals surface area contributed by atoms with Gasteiger partial charge in [-0.05, 0) is 63.1 Å². The van der Waals surface area contributed by atoms with Crippen LogP contribution < -0.4 is 4.31 Å². The summed E-state index contributed by atoms with van der Waals surface area (Å²) < 4.78 is 27.8. The van der Waals surface area contributed by atoms with Gasteiger partial charge >= 0.3 is 0 Å². The molecule has 5 heteroatoms. The second-order valence-corrected chi connectivity index (χ2v) is 8.78. The Morgan fingerprint density at radius 2 is 1.29 bits per heavy atom. The minimum Gasteiger partial charge on any atom is -0.268 e. The molecule has 0 bridgehead atoms. The van der Waals surface area contributed by atoms with Crippen LogP contribution in [-0.4, -0.2) is 14.3 Å². The van der Waals surface area contributed by atoms with Crippen LogP contribution in [0.1, 0.15) is 32.6 Å². The summed E-state index contributed by atoms with van der Waals surface area (Å²) in [6.07, 6.45) is 0. The average molecular weight is 394 g/mol. The van der Waals surface area contributed by atoms with Gasteiger partial charge in [-0.2, -0.15) is 4.31 Å². The zero-order chi connectivity index (χ0) is 20.5. The second-order valence-electron chi connectivity index (χ2n) is 7.00. The van der Waals surface area contributed by atoms with E-state index in [-0.39, 0.29) is 4.90 Å². The Hall–Kier alpha value is -2.92. The molecule has 3 rings (SSSR count). The highest BCUT2D eigenvalue weighted by Crippen LogP contribution is 2.28. The van der Waals surface area contributed by atoms with Crippen LogP contribution in [0.15, 0.2) is 71.6 Å². The lowest BCUT2D eigenvalue weighted by atomic mass is 9.99. The van der Waals surface area contributed by atoms with Crippen molar-refractivity contribution in [3.8, 4) is 0 Å². The number of amides is 1. The summed E-state index contributed by atoms with van der Waals surface area (Å²) >= 11 is 0. The van der Waals surface area contributed by atoms with E-state index in [1.165, 1.54) is 12.1 Å². The number of aryl methyl sites for hydroxylation is 4. The van der Waals surface area contributed by atoms with Gasteiger partial charge in [0.2, 0.25) is 0 Å². The van der Waals surface area contributed by atoms with Crippen molar-refractivity contribution in [2.75, 3.05) is 4.31 Å². The maximum Gasteiger partial charge on any atom is 0.272 e.